The Kier molecular flexibility index (Phi) is 17.7. The summed E-state index contributed by atoms with van der Waals surface area (Å²) >= 11 is -5.75. The smallest absolute Gasteiger partial charge is 1.00 e. The Hall–Kier alpha value is 3.31. The van der Waals surface area contributed by atoms with Gasteiger partial charge in [0, 0.05) is 0 Å². The first-order chi connectivity index (χ1) is 2.00. The molecule has 0 unspecified atom stereocenters. The second-order valence-electron chi connectivity index (χ2n) is 0.408. The molecule has 0 amide bonds. The Balaban J connectivity index is -0.0000000800. The minimum absolute atomic E-state index is 0. The van der Waals surface area contributed by atoms with Crippen molar-refractivity contribution in [1.29, 1.82) is 0 Å². The Morgan fingerprint density at radius 2 is 1.00 bits per heavy atom. The van der Waals surface area contributed by atoms with Gasteiger partial charge in [-0.2, -0.15) is 0 Å². The average Bonchev–Trinajstić information content (AvgIpc) is 0.722. The summed E-state index contributed by atoms with van der Waals surface area (Å²) in [4.78, 5) is 0. The van der Waals surface area contributed by atoms with Crippen LogP contribution in [-0.4, -0.2) is 13.4 Å². The molecular weight excluding hydrogens is 221 g/mol. The molecule has 0 aliphatic heterocycles. The van der Waals surface area contributed by atoms with Gasteiger partial charge in [-0.1, -0.05) is 0 Å². The molecule has 0 heterocycles. The number of hydrogen-bond donors (Lipinski definition) is 0. The van der Waals surface area contributed by atoms with Crippen LogP contribution in [0.5, 0.6) is 0 Å². The van der Waals surface area contributed by atoms with Crippen molar-refractivity contribution in [2.75, 3.05) is 0 Å². The summed E-state index contributed by atoms with van der Waals surface area (Å²) in [5.41, 5.74) is 0. The van der Waals surface area contributed by atoms with Gasteiger partial charge < -0.3 is 0 Å². The molecule has 0 atom stereocenters. The van der Waals surface area contributed by atoms with Crippen molar-refractivity contribution in [2.45, 2.75) is 0 Å². The van der Waals surface area contributed by atoms with Crippen molar-refractivity contribution in [3.63, 3.8) is 0 Å². The van der Waals surface area contributed by atoms with Gasteiger partial charge in [0.25, 0.3) is 0 Å². The largest absolute Gasteiger partial charge is 1.00 e. The topological polar surface area (TPSA) is 80.3 Å². The van der Waals surface area contributed by atoms with Crippen LogP contribution in [0, 0.1) is 0 Å². The van der Waals surface area contributed by atoms with E-state index in [0.717, 1.165) is 0 Å². The van der Waals surface area contributed by atoms with E-state index in [-0.39, 0.29) is 103 Å². The van der Waals surface area contributed by atoms with E-state index >= 15 is 0 Å². The van der Waals surface area contributed by atoms with Gasteiger partial charge in [-0.25, -0.2) is 0 Å². The van der Waals surface area contributed by atoms with Gasteiger partial charge in [-0.15, -0.1) is 0 Å². The fraction of sp³-hybridized carbons (Fsp3) is 0. The molecule has 0 N–H and O–H groups in total. The zero-order valence-corrected chi connectivity index (χ0v) is 12.0. The zero-order valence-electron chi connectivity index (χ0n) is 4.04. The van der Waals surface area contributed by atoms with Gasteiger partial charge in [-0.3, -0.25) is 0 Å². The predicted octanol–water partition coefficient (Wildman–Crippen LogP) is -8.99. The summed E-state index contributed by atoms with van der Waals surface area (Å²) in [6, 6.07) is 0. The van der Waals surface area contributed by atoms with Crippen LogP contribution in [-0.2, 0) is 7.67 Å². The maximum atomic E-state index is 8.59. The third-order valence-corrected chi connectivity index (χ3v) is 0. The molecule has 0 aliphatic carbocycles. The first kappa shape index (κ1) is 16.7. The molecule has 0 saturated carbocycles. The van der Waals surface area contributed by atoms with Crippen molar-refractivity contribution in [3.8, 4) is 0 Å². The molecule has 7 heavy (non-hydrogen) atoms. The second kappa shape index (κ2) is 7.42. The molecule has 0 saturated heterocycles. The molecule has 0 aromatic heterocycles. The Morgan fingerprint density at radius 1 is 1.00 bits per heavy atom. The molecule has 7 heteroatoms. The molecule has 0 rings (SSSR count). The summed E-state index contributed by atoms with van der Waals surface area (Å²) in [5, 5.41) is 0. The van der Waals surface area contributed by atoms with E-state index in [1.165, 1.54) is 0 Å². The van der Waals surface area contributed by atoms with Crippen LogP contribution in [0.1, 0.15) is 0 Å². The molecule has 0 fully saturated rings. The summed E-state index contributed by atoms with van der Waals surface area (Å²) in [6.45, 7) is 0. The number of hydrogen-bond acceptors (Lipinski definition) is 4. The van der Waals surface area contributed by atoms with Crippen LogP contribution in [0.2, 0.25) is 0 Å². The summed E-state index contributed by atoms with van der Waals surface area (Å²) in [5.74, 6) is 0. The van der Waals surface area contributed by atoms with Crippen molar-refractivity contribution >= 4 is 13.4 Å². The monoisotopic (exact) mass is 222 g/mol. The van der Waals surface area contributed by atoms with Gasteiger partial charge in [0.1, 0.15) is 0 Å². The summed E-state index contributed by atoms with van der Waals surface area (Å²) < 4.78 is 34.4. The third kappa shape index (κ3) is 45.4. The predicted molar refractivity (Wildman–Crippen MR) is 7.13 cm³/mol. The maximum absolute atomic E-state index is 8.59. The Labute approximate surface area is 128 Å². The quantitative estimate of drug-likeness (QED) is 0.380. The molecule has 0 radical (unpaired) electrons. The van der Waals surface area contributed by atoms with Crippen LogP contribution in [0.15, 0.2) is 0 Å². The number of rotatable bonds is 0. The zero-order chi connectivity index (χ0) is 4.50. The first-order valence-corrected chi connectivity index (χ1v) is 3.46. The molecule has 0 aliphatic rings. The van der Waals surface area contributed by atoms with Gasteiger partial charge in [0.15, 0.2) is 0 Å². The molecular formula is K2O4Se. The van der Waals surface area contributed by atoms with Crippen LogP contribution < -0.4 is 111 Å². The average molecular weight is 221 g/mol. The van der Waals surface area contributed by atoms with Crippen molar-refractivity contribution in [1.82, 2.24) is 0 Å². The summed E-state index contributed by atoms with van der Waals surface area (Å²) in [6.07, 6.45) is 0. The standard InChI is InChI=1S/2K.H2O4Se/c;;1-5(2,3)4/h;;(H2,1,2,3,4)/q2*+1;/p-2. The molecule has 4 nitrogen and oxygen atoms in total. The normalized spacial score (nSPS) is 8.29. The maximum Gasteiger partial charge on any atom is 1.00 e. The van der Waals surface area contributed by atoms with E-state index in [0.29, 0.717) is 0 Å². The van der Waals surface area contributed by atoms with Gasteiger partial charge >= 0.3 is 132 Å². The van der Waals surface area contributed by atoms with Crippen molar-refractivity contribution in [2.24, 2.45) is 0 Å². The van der Waals surface area contributed by atoms with Gasteiger partial charge in [-0.05, 0) is 0 Å². The molecule has 0 spiro atoms. The van der Waals surface area contributed by atoms with E-state index in [9.17, 15) is 0 Å². The van der Waals surface area contributed by atoms with Gasteiger partial charge in [0.05, 0.1) is 0 Å². The molecule has 0 aromatic carbocycles. The SMILES string of the molecule is O=[Se](=O)([O-])[O-].[K+].[K+]. The van der Waals surface area contributed by atoms with Crippen LogP contribution in [0.25, 0.3) is 0 Å². The van der Waals surface area contributed by atoms with Crippen LogP contribution in [0.4, 0.5) is 0 Å². The van der Waals surface area contributed by atoms with E-state index in [1.54, 1.807) is 0 Å². The van der Waals surface area contributed by atoms with Gasteiger partial charge in [0.2, 0.25) is 0 Å². The van der Waals surface area contributed by atoms with E-state index in [1.807, 2.05) is 0 Å². The second-order valence-corrected chi connectivity index (χ2v) is 2.12. The Bertz CT molecular complexity index is 92.9. The Morgan fingerprint density at radius 3 is 1.00 bits per heavy atom. The van der Waals surface area contributed by atoms with Crippen molar-refractivity contribution in [3.05, 3.63) is 0 Å². The molecule has 0 bridgehead atoms. The van der Waals surface area contributed by atoms with E-state index in [2.05, 4.69) is 0 Å². The van der Waals surface area contributed by atoms with Crippen LogP contribution >= 0.6 is 0 Å². The fourth-order valence-electron chi connectivity index (χ4n) is 0. The third-order valence-electron chi connectivity index (χ3n) is 0. The van der Waals surface area contributed by atoms with Crippen molar-refractivity contribution < 1.29 is 119 Å². The van der Waals surface area contributed by atoms with E-state index < -0.39 is 13.4 Å². The minimum Gasteiger partial charge on any atom is 1.00 e. The summed E-state index contributed by atoms with van der Waals surface area (Å²) in [7, 11) is 0. The fourth-order valence-corrected chi connectivity index (χ4v) is 0. The minimum atomic E-state index is -5.75. The van der Waals surface area contributed by atoms with Crippen LogP contribution in [0.3, 0.4) is 0 Å². The first-order valence-electron chi connectivity index (χ1n) is 0.667. The van der Waals surface area contributed by atoms with E-state index in [4.69, 9.17) is 16.0 Å². The molecule has 0 aromatic rings. The molecule has 32 valence electrons.